The fourth-order valence-corrected chi connectivity index (χ4v) is 4.98. The molecule has 1 aromatic heterocycles. The number of fused-ring (bicyclic) bond motifs is 1. The Morgan fingerprint density at radius 2 is 1.97 bits per heavy atom. The van der Waals surface area contributed by atoms with Gasteiger partial charge in [-0.05, 0) is 74.1 Å². The normalized spacial score (nSPS) is 21.8. The topological polar surface area (TPSA) is 47.4 Å². The van der Waals surface area contributed by atoms with Gasteiger partial charge in [0, 0.05) is 17.8 Å². The van der Waals surface area contributed by atoms with E-state index in [0.717, 1.165) is 59.5 Å². The monoisotopic (exact) mass is 431 g/mol. The van der Waals surface area contributed by atoms with Gasteiger partial charge in [-0.1, -0.05) is 18.2 Å². The lowest BCUT2D eigenvalue weighted by atomic mass is 9.91. The number of ether oxygens (including phenoxy) is 1. The van der Waals surface area contributed by atoms with Gasteiger partial charge >= 0.3 is 0 Å². The summed E-state index contributed by atoms with van der Waals surface area (Å²) in [5, 5.41) is 0. The summed E-state index contributed by atoms with van der Waals surface area (Å²) in [6.45, 7) is 1.95. The van der Waals surface area contributed by atoms with Crippen molar-refractivity contribution in [1.82, 2.24) is 14.5 Å². The van der Waals surface area contributed by atoms with Gasteiger partial charge in [0.25, 0.3) is 5.91 Å². The highest BCUT2D eigenvalue weighted by molar-refractivity contribution is 6.00. The first-order chi connectivity index (χ1) is 15.5. The smallest absolute Gasteiger partial charge is 0.250 e. The van der Waals surface area contributed by atoms with Crippen molar-refractivity contribution in [2.24, 2.45) is 0 Å². The number of carbonyl (C=O) groups is 1. The molecule has 164 valence electrons. The molecule has 0 aliphatic carbocycles. The number of aryl methyl sites for hydroxylation is 1. The molecule has 2 fully saturated rings. The van der Waals surface area contributed by atoms with Crippen LogP contribution in [-0.2, 0) is 4.79 Å². The van der Waals surface area contributed by atoms with E-state index in [9.17, 15) is 9.18 Å². The SMILES string of the molecule is COc1cc(C=C2C[C@H]3CCC[C@H](c4ccc(F)cc4)N3C2=O)ccc1-n1cnc(C)c1. The molecule has 6 heteroatoms. The van der Waals surface area contributed by atoms with Crippen LogP contribution < -0.4 is 4.74 Å². The molecular formula is C26H26FN3O2. The minimum atomic E-state index is -0.252. The molecule has 5 nitrogen and oxygen atoms in total. The average molecular weight is 432 g/mol. The Balaban J connectivity index is 1.43. The number of rotatable bonds is 4. The van der Waals surface area contributed by atoms with Crippen molar-refractivity contribution in [1.29, 1.82) is 0 Å². The summed E-state index contributed by atoms with van der Waals surface area (Å²) in [6, 6.07) is 12.7. The highest BCUT2D eigenvalue weighted by Crippen LogP contribution is 2.42. The van der Waals surface area contributed by atoms with Crippen LogP contribution in [0.1, 0.15) is 48.5 Å². The maximum atomic E-state index is 13.4. The number of piperidine rings is 1. The Kier molecular flexibility index (Phi) is 5.29. The highest BCUT2D eigenvalue weighted by atomic mass is 19.1. The van der Waals surface area contributed by atoms with E-state index in [2.05, 4.69) is 4.98 Å². The first kappa shape index (κ1) is 20.5. The quantitative estimate of drug-likeness (QED) is 0.531. The molecule has 0 N–H and O–H groups in total. The highest BCUT2D eigenvalue weighted by Gasteiger charge is 2.42. The lowest BCUT2D eigenvalue weighted by Crippen LogP contribution is -2.39. The summed E-state index contributed by atoms with van der Waals surface area (Å²) in [4.78, 5) is 19.7. The van der Waals surface area contributed by atoms with Gasteiger partial charge in [0.1, 0.15) is 11.6 Å². The van der Waals surface area contributed by atoms with Crippen LogP contribution in [0, 0.1) is 12.7 Å². The molecule has 0 saturated carbocycles. The van der Waals surface area contributed by atoms with Gasteiger partial charge in [0.2, 0.25) is 0 Å². The molecule has 5 rings (SSSR count). The summed E-state index contributed by atoms with van der Waals surface area (Å²) in [5.74, 6) is 0.555. The average Bonchev–Trinajstić information content (AvgIpc) is 3.37. The van der Waals surface area contributed by atoms with Crippen molar-refractivity contribution < 1.29 is 13.9 Å². The lowest BCUT2D eigenvalue weighted by Gasteiger charge is -2.37. The first-order valence-corrected chi connectivity index (χ1v) is 11.0. The van der Waals surface area contributed by atoms with E-state index in [0.29, 0.717) is 0 Å². The number of imidazole rings is 1. The summed E-state index contributed by atoms with van der Waals surface area (Å²) in [5.41, 5.74) is 4.59. The molecule has 2 atom stereocenters. The Hall–Kier alpha value is -3.41. The Labute approximate surface area is 187 Å². The molecule has 1 amide bonds. The molecule has 3 aromatic rings. The van der Waals surface area contributed by atoms with Crippen LogP contribution in [0.25, 0.3) is 11.8 Å². The summed E-state index contributed by atoms with van der Waals surface area (Å²) in [7, 11) is 1.65. The summed E-state index contributed by atoms with van der Waals surface area (Å²) < 4.78 is 20.9. The third-order valence-electron chi connectivity index (χ3n) is 6.50. The third kappa shape index (κ3) is 3.70. The summed E-state index contributed by atoms with van der Waals surface area (Å²) >= 11 is 0. The minimum absolute atomic E-state index is 0.00847. The molecule has 3 heterocycles. The molecule has 0 unspecified atom stereocenters. The van der Waals surface area contributed by atoms with Crippen molar-refractivity contribution in [2.45, 2.75) is 44.7 Å². The van der Waals surface area contributed by atoms with Crippen LogP contribution in [0.5, 0.6) is 5.75 Å². The van der Waals surface area contributed by atoms with E-state index in [1.54, 1.807) is 25.6 Å². The van der Waals surface area contributed by atoms with Gasteiger partial charge < -0.3 is 14.2 Å². The minimum Gasteiger partial charge on any atom is -0.495 e. The lowest BCUT2D eigenvalue weighted by molar-refractivity contribution is -0.130. The van der Waals surface area contributed by atoms with Crippen LogP contribution in [0.15, 0.2) is 60.6 Å². The van der Waals surface area contributed by atoms with E-state index >= 15 is 0 Å². The predicted octanol–water partition coefficient (Wildman–Crippen LogP) is 5.24. The molecule has 2 aliphatic heterocycles. The zero-order chi connectivity index (χ0) is 22.2. The first-order valence-electron chi connectivity index (χ1n) is 11.0. The number of hydrogen-bond acceptors (Lipinski definition) is 3. The molecule has 0 spiro atoms. The maximum Gasteiger partial charge on any atom is 0.250 e. The van der Waals surface area contributed by atoms with Crippen LogP contribution in [0.3, 0.4) is 0 Å². The fourth-order valence-electron chi connectivity index (χ4n) is 4.98. The fraction of sp³-hybridized carbons (Fsp3) is 0.308. The van der Waals surface area contributed by atoms with E-state index < -0.39 is 0 Å². The van der Waals surface area contributed by atoms with Crippen molar-refractivity contribution >= 4 is 12.0 Å². The predicted molar refractivity (Wildman–Crippen MR) is 121 cm³/mol. The Morgan fingerprint density at radius 3 is 2.69 bits per heavy atom. The zero-order valence-corrected chi connectivity index (χ0v) is 18.3. The van der Waals surface area contributed by atoms with Gasteiger partial charge in [-0.2, -0.15) is 0 Å². The van der Waals surface area contributed by atoms with Crippen molar-refractivity contribution in [2.75, 3.05) is 7.11 Å². The number of carbonyl (C=O) groups excluding carboxylic acids is 1. The summed E-state index contributed by atoms with van der Waals surface area (Å²) in [6.07, 6.45) is 9.41. The second kappa shape index (κ2) is 8.26. The second-order valence-electron chi connectivity index (χ2n) is 8.59. The van der Waals surface area contributed by atoms with E-state index in [-0.39, 0.29) is 23.8 Å². The Morgan fingerprint density at radius 1 is 1.16 bits per heavy atom. The van der Waals surface area contributed by atoms with Gasteiger partial charge in [-0.25, -0.2) is 9.37 Å². The molecule has 2 aliphatic rings. The number of amides is 1. The second-order valence-corrected chi connectivity index (χ2v) is 8.59. The van der Waals surface area contributed by atoms with Gasteiger partial charge in [-0.3, -0.25) is 4.79 Å². The number of benzene rings is 2. The van der Waals surface area contributed by atoms with Crippen LogP contribution >= 0.6 is 0 Å². The number of hydrogen-bond donors (Lipinski definition) is 0. The number of nitrogens with zero attached hydrogens (tertiary/aromatic N) is 3. The Bertz CT molecular complexity index is 1180. The number of methoxy groups -OCH3 is 1. The number of aromatic nitrogens is 2. The molecular weight excluding hydrogens is 405 g/mol. The van der Waals surface area contributed by atoms with Gasteiger partial charge in [-0.15, -0.1) is 0 Å². The van der Waals surface area contributed by atoms with E-state index in [1.165, 1.54) is 12.1 Å². The number of halogens is 1. The van der Waals surface area contributed by atoms with Crippen LogP contribution in [0.4, 0.5) is 4.39 Å². The van der Waals surface area contributed by atoms with E-state index in [1.807, 2.05) is 46.9 Å². The van der Waals surface area contributed by atoms with Gasteiger partial charge in [0.05, 0.1) is 30.9 Å². The molecule has 32 heavy (non-hydrogen) atoms. The molecule has 2 saturated heterocycles. The molecule has 0 radical (unpaired) electrons. The van der Waals surface area contributed by atoms with Gasteiger partial charge in [0.15, 0.2) is 0 Å². The zero-order valence-electron chi connectivity index (χ0n) is 18.3. The van der Waals surface area contributed by atoms with Crippen LogP contribution in [0.2, 0.25) is 0 Å². The van der Waals surface area contributed by atoms with Crippen LogP contribution in [-0.4, -0.2) is 33.5 Å². The maximum absolute atomic E-state index is 13.4. The largest absolute Gasteiger partial charge is 0.495 e. The standard InChI is InChI=1S/C26H26FN3O2/c1-17-15-29(16-28-17)24-11-6-18(13-25(24)32-2)12-20-14-22-4-3-5-23(30(22)26(20)31)19-7-9-21(27)10-8-19/h6-13,15-16,22-23H,3-5,14H2,1-2H3/t22-,23-/m1/s1. The van der Waals surface area contributed by atoms with Crippen molar-refractivity contribution in [3.63, 3.8) is 0 Å². The third-order valence-corrected chi connectivity index (χ3v) is 6.50. The molecule has 2 aromatic carbocycles. The van der Waals surface area contributed by atoms with Crippen molar-refractivity contribution in [3.05, 3.63) is 83.2 Å². The van der Waals surface area contributed by atoms with Crippen molar-refractivity contribution in [3.8, 4) is 11.4 Å². The van der Waals surface area contributed by atoms with E-state index in [4.69, 9.17) is 4.74 Å². The molecule has 0 bridgehead atoms.